The molecule has 0 saturated heterocycles. The molecule has 0 bridgehead atoms. The number of para-hydroxylation sites is 1. The molecule has 1 amide bonds. The van der Waals surface area contributed by atoms with Gasteiger partial charge in [0.15, 0.2) is 0 Å². The third-order valence-corrected chi connectivity index (χ3v) is 4.30. The van der Waals surface area contributed by atoms with Gasteiger partial charge in [0.05, 0.1) is 11.1 Å². The predicted octanol–water partition coefficient (Wildman–Crippen LogP) is 2.17. The van der Waals surface area contributed by atoms with Crippen LogP contribution in [0.5, 0.6) is 0 Å². The van der Waals surface area contributed by atoms with Crippen LogP contribution >= 0.6 is 11.8 Å². The summed E-state index contributed by atoms with van der Waals surface area (Å²) in [5, 5.41) is 4.04. The number of aliphatic imine (C=N–C) groups is 1. The number of allylic oxidation sites excluding steroid dienone is 5. The number of nitrogens with zero attached hydrogens (tertiary/aromatic N) is 2. The molecule has 25 heavy (non-hydrogen) atoms. The monoisotopic (exact) mass is 347 g/mol. The number of benzene rings is 1. The van der Waals surface area contributed by atoms with Crippen molar-refractivity contribution in [2.24, 2.45) is 15.7 Å². The standard InChI is InChI=1S/C20H17N3OS/c21-20(24)18-10-4-2-1-3-7-13-25-14-19-16(11-12-22-18)15-8-5-6-9-17(15)23-19/h1-12,14H,13H2,(H2,21,24). The zero-order valence-electron chi connectivity index (χ0n) is 13.5. The van der Waals surface area contributed by atoms with Crippen LogP contribution in [0.15, 0.2) is 94.1 Å². The highest BCUT2D eigenvalue weighted by molar-refractivity contribution is 8.02. The number of primary amides is 1. The van der Waals surface area contributed by atoms with E-state index < -0.39 is 5.91 Å². The Labute approximate surface area is 150 Å². The van der Waals surface area contributed by atoms with E-state index in [2.05, 4.69) is 16.1 Å². The number of nitrogens with two attached hydrogens (primary N) is 1. The van der Waals surface area contributed by atoms with Crippen molar-refractivity contribution in [2.45, 2.75) is 0 Å². The number of fused-ring (bicyclic) bond motifs is 2. The van der Waals surface area contributed by atoms with Gasteiger partial charge in [0.1, 0.15) is 5.71 Å². The molecule has 0 radical (unpaired) electrons. The van der Waals surface area contributed by atoms with E-state index in [-0.39, 0.29) is 5.71 Å². The summed E-state index contributed by atoms with van der Waals surface area (Å²) in [4.78, 5) is 20.4. The van der Waals surface area contributed by atoms with Crippen molar-refractivity contribution in [1.82, 2.24) is 0 Å². The van der Waals surface area contributed by atoms with Crippen LogP contribution in [0, 0.1) is 0 Å². The Bertz CT molecular complexity index is 978. The van der Waals surface area contributed by atoms with Crippen molar-refractivity contribution in [3.8, 4) is 0 Å². The smallest absolute Gasteiger partial charge is 0.267 e. The van der Waals surface area contributed by atoms with Gasteiger partial charge in [-0.2, -0.15) is 0 Å². The minimum atomic E-state index is -0.568. The molecular formula is C20H17N3OS. The molecule has 4 nitrogen and oxygen atoms in total. The van der Waals surface area contributed by atoms with Crippen molar-refractivity contribution in [1.29, 1.82) is 0 Å². The average Bonchev–Trinajstić information content (AvgIpc) is 2.95. The van der Waals surface area contributed by atoms with Crippen LogP contribution in [-0.2, 0) is 4.79 Å². The Hall–Kier alpha value is -2.92. The Morgan fingerprint density at radius 2 is 1.92 bits per heavy atom. The molecule has 1 aromatic carbocycles. The fraction of sp³-hybridized carbons (Fsp3) is 0.0500. The predicted molar refractivity (Wildman–Crippen MR) is 104 cm³/mol. The van der Waals surface area contributed by atoms with Crippen molar-refractivity contribution in [2.75, 3.05) is 5.75 Å². The van der Waals surface area contributed by atoms with Gasteiger partial charge in [-0.05, 0) is 23.6 Å². The van der Waals surface area contributed by atoms with E-state index in [0.29, 0.717) is 0 Å². The molecular weight excluding hydrogens is 330 g/mol. The van der Waals surface area contributed by atoms with Gasteiger partial charge in [-0.25, -0.2) is 4.99 Å². The van der Waals surface area contributed by atoms with E-state index in [1.165, 1.54) is 0 Å². The number of thioether (sulfide) groups is 1. The Morgan fingerprint density at radius 3 is 2.80 bits per heavy atom. The summed E-state index contributed by atoms with van der Waals surface area (Å²) in [5.41, 5.74) is 7.46. The lowest BCUT2D eigenvalue weighted by molar-refractivity contribution is -0.111. The molecule has 0 aromatic heterocycles. The first-order chi connectivity index (χ1) is 12.3. The summed E-state index contributed by atoms with van der Waals surface area (Å²) >= 11 is 1.68. The van der Waals surface area contributed by atoms with Crippen LogP contribution in [0.4, 0.5) is 0 Å². The molecule has 124 valence electrons. The van der Waals surface area contributed by atoms with Gasteiger partial charge in [-0.15, -0.1) is 11.8 Å². The third-order valence-electron chi connectivity index (χ3n) is 3.53. The Morgan fingerprint density at radius 1 is 1.08 bits per heavy atom. The Balaban J connectivity index is 2.08. The summed E-state index contributed by atoms with van der Waals surface area (Å²) in [6.07, 6.45) is 14.5. The van der Waals surface area contributed by atoms with Crippen LogP contribution < -0.4 is 16.3 Å². The number of carbonyl (C=O) groups excluding carboxylic acids is 1. The second-order valence-corrected chi connectivity index (χ2v) is 6.15. The summed E-state index contributed by atoms with van der Waals surface area (Å²) in [5.74, 6) is 0.283. The number of carbonyl (C=O) groups is 1. The van der Waals surface area contributed by atoms with Crippen molar-refractivity contribution < 1.29 is 4.79 Å². The fourth-order valence-electron chi connectivity index (χ4n) is 2.36. The maximum Gasteiger partial charge on any atom is 0.267 e. The topological polar surface area (TPSA) is 67.8 Å². The maximum atomic E-state index is 11.5. The normalized spacial score (nSPS) is 16.9. The highest BCUT2D eigenvalue weighted by atomic mass is 32.2. The second kappa shape index (κ2) is 8.26. The van der Waals surface area contributed by atoms with E-state index in [1.807, 2.05) is 54.0 Å². The van der Waals surface area contributed by atoms with Gasteiger partial charge in [-0.3, -0.25) is 9.79 Å². The Kier molecular flexibility index (Phi) is 5.59. The molecule has 0 atom stereocenters. The van der Waals surface area contributed by atoms with Gasteiger partial charge in [0, 0.05) is 22.7 Å². The molecule has 3 rings (SSSR count). The van der Waals surface area contributed by atoms with E-state index in [1.54, 1.807) is 30.1 Å². The molecule has 0 spiro atoms. The van der Waals surface area contributed by atoms with E-state index in [9.17, 15) is 4.79 Å². The molecule has 0 fully saturated rings. The zero-order chi connectivity index (χ0) is 17.5. The molecule has 0 unspecified atom stereocenters. The van der Waals surface area contributed by atoms with E-state index in [0.717, 1.165) is 27.6 Å². The van der Waals surface area contributed by atoms with Gasteiger partial charge in [-0.1, -0.05) is 48.6 Å². The number of hydrogen-bond acceptors (Lipinski definition) is 4. The first-order valence-corrected chi connectivity index (χ1v) is 8.85. The number of rotatable bonds is 1. The van der Waals surface area contributed by atoms with Gasteiger partial charge in [0.2, 0.25) is 0 Å². The molecule has 2 aliphatic heterocycles. The summed E-state index contributed by atoms with van der Waals surface area (Å²) < 4.78 is 0. The molecule has 0 saturated carbocycles. The SMILES string of the molecule is NC(=O)C1=NC=CC2=c3ccccc3=NC2=CSCC=CC=CC=C1. The minimum absolute atomic E-state index is 0.198. The quantitative estimate of drug-likeness (QED) is 0.846. The molecule has 2 N–H and O–H groups in total. The van der Waals surface area contributed by atoms with Crippen molar-refractivity contribution >= 4 is 29.0 Å². The van der Waals surface area contributed by atoms with Crippen LogP contribution in [0.1, 0.15) is 0 Å². The van der Waals surface area contributed by atoms with E-state index >= 15 is 0 Å². The van der Waals surface area contributed by atoms with Crippen molar-refractivity contribution in [3.05, 3.63) is 94.7 Å². The fourth-order valence-corrected chi connectivity index (χ4v) is 3.02. The lowest BCUT2D eigenvalue weighted by atomic mass is 10.1. The molecule has 1 aromatic rings. The number of amides is 1. The molecule has 2 heterocycles. The van der Waals surface area contributed by atoms with Crippen molar-refractivity contribution in [3.63, 3.8) is 0 Å². The summed E-state index contributed by atoms with van der Waals surface area (Å²) in [7, 11) is 0. The first-order valence-electron chi connectivity index (χ1n) is 7.80. The van der Waals surface area contributed by atoms with Gasteiger partial charge in [0.25, 0.3) is 5.91 Å². The third kappa shape index (κ3) is 4.33. The summed E-state index contributed by atoms with van der Waals surface area (Å²) in [6.45, 7) is 0. The number of hydrogen-bond donors (Lipinski definition) is 1. The molecule has 5 heteroatoms. The zero-order valence-corrected chi connectivity index (χ0v) is 14.3. The highest BCUT2D eigenvalue weighted by Crippen LogP contribution is 2.20. The summed E-state index contributed by atoms with van der Waals surface area (Å²) in [6, 6.07) is 7.96. The van der Waals surface area contributed by atoms with Crippen LogP contribution in [0.3, 0.4) is 0 Å². The lowest BCUT2D eigenvalue weighted by Crippen LogP contribution is -2.21. The second-order valence-electron chi connectivity index (χ2n) is 5.25. The first kappa shape index (κ1) is 16.9. The molecule has 0 aliphatic carbocycles. The lowest BCUT2D eigenvalue weighted by Gasteiger charge is -1.98. The van der Waals surface area contributed by atoms with Gasteiger partial charge < -0.3 is 5.73 Å². The average molecular weight is 347 g/mol. The van der Waals surface area contributed by atoms with Crippen LogP contribution in [-0.4, -0.2) is 17.4 Å². The van der Waals surface area contributed by atoms with Crippen LogP contribution in [0.2, 0.25) is 0 Å². The maximum absolute atomic E-state index is 11.5. The van der Waals surface area contributed by atoms with Crippen LogP contribution in [0.25, 0.3) is 5.57 Å². The largest absolute Gasteiger partial charge is 0.364 e. The highest BCUT2D eigenvalue weighted by Gasteiger charge is 2.10. The minimum Gasteiger partial charge on any atom is -0.364 e. The molecule has 2 aliphatic rings. The van der Waals surface area contributed by atoms with E-state index in [4.69, 9.17) is 5.73 Å². The van der Waals surface area contributed by atoms with Gasteiger partial charge >= 0.3 is 0 Å².